The van der Waals surface area contributed by atoms with Crippen LogP contribution in [0.3, 0.4) is 0 Å². The number of hydrogen-bond acceptors (Lipinski definition) is 2. The third-order valence-corrected chi connectivity index (χ3v) is 3.73. The van der Waals surface area contributed by atoms with Crippen molar-refractivity contribution in [2.24, 2.45) is 0 Å². The largest absolute Gasteiger partial charge is 0.508 e. The Morgan fingerprint density at radius 3 is 2.29 bits per heavy atom. The Bertz CT molecular complexity index is 353. The van der Waals surface area contributed by atoms with Crippen molar-refractivity contribution < 1.29 is 9.50 Å². The maximum absolute atomic E-state index is 13.1. The standard InChI is InChI=1S/C14H22FNO/c1-4-14(5-2,6-3)16-10-11-9-12(15)7-8-13(11)17/h7-9,16-17H,4-6,10H2,1-3H3. The molecule has 0 heterocycles. The number of phenols is 1. The van der Waals surface area contributed by atoms with E-state index in [0.29, 0.717) is 12.1 Å². The summed E-state index contributed by atoms with van der Waals surface area (Å²) in [6.45, 7) is 6.93. The Morgan fingerprint density at radius 1 is 1.18 bits per heavy atom. The molecule has 0 radical (unpaired) electrons. The maximum Gasteiger partial charge on any atom is 0.123 e. The van der Waals surface area contributed by atoms with Crippen LogP contribution in [0.25, 0.3) is 0 Å². The van der Waals surface area contributed by atoms with Crippen molar-refractivity contribution in [1.29, 1.82) is 0 Å². The zero-order valence-corrected chi connectivity index (χ0v) is 10.9. The number of benzene rings is 1. The molecule has 0 saturated heterocycles. The zero-order valence-electron chi connectivity index (χ0n) is 10.9. The van der Waals surface area contributed by atoms with Crippen molar-refractivity contribution in [3.63, 3.8) is 0 Å². The van der Waals surface area contributed by atoms with E-state index >= 15 is 0 Å². The predicted molar refractivity (Wildman–Crippen MR) is 68.5 cm³/mol. The van der Waals surface area contributed by atoms with Crippen LogP contribution in [0.5, 0.6) is 5.75 Å². The summed E-state index contributed by atoms with van der Waals surface area (Å²) >= 11 is 0. The molecule has 1 rings (SSSR count). The second kappa shape index (κ2) is 6.01. The minimum absolute atomic E-state index is 0.0821. The number of hydrogen-bond donors (Lipinski definition) is 2. The molecular weight excluding hydrogens is 217 g/mol. The Hall–Kier alpha value is -1.09. The highest BCUT2D eigenvalue weighted by atomic mass is 19.1. The van der Waals surface area contributed by atoms with E-state index in [1.807, 2.05) is 0 Å². The number of rotatable bonds is 6. The molecule has 17 heavy (non-hydrogen) atoms. The Labute approximate surface area is 103 Å². The minimum Gasteiger partial charge on any atom is -0.508 e. The average Bonchev–Trinajstić information content (AvgIpc) is 2.35. The van der Waals surface area contributed by atoms with Crippen LogP contribution in [-0.4, -0.2) is 10.6 Å². The van der Waals surface area contributed by atoms with Gasteiger partial charge in [-0.15, -0.1) is 0 Å². The molecule has 0 unspecified atom stereocenters. The summed E-state index contributed by atoms with van der Waals surface area (Å²) in [7, 11) is 0. The molecule has 0 atom stereocenters. The van der Waals surface area contributed by atoms with Gasteiger partial charge in [0.2, 0.25) is 0 Å². The fraction of sp³-hybridized carbons (Fsp3) is 0.571. The number of aromatic hydroxyl groups is 1. The van der Waals surface area contributed by atoms with E-state index in [1.165, 1.54) is 18.2 Å². The predicted octanol–water partition coefficient (Wildman–Crippen LogP) is 3.59. The van der Waals surface area contributed by atoms with E-state index in [1.54, 1.807) is 0 Å². The molecule has 0 aliphatic heterocycles. The smallest absolute Gasteiger partial charge is 0.123 e. The van der Waals surface area contributed by atoms with Gasteiger partial charge in [-0.2, -0.15) is 0 Å². The summed E-state index contributed by atoms with van der Waals surface area (Å²) in [6, 6.07) is 4.05. The molecule has 0 aromatic heterocycles. The fourth-order valence-electron chi connectivity index (χ4n) is 2.10. The summed E-state index contributed by atoms with van der Waals surface area (Å²) in [6.07, 6.45) is 3.07. The van der Waals surface area contributed by atoms with Crippen LogP contribution in [0.4, 0.5) is 4.39 Å². The second-order valence-corrected chi connectivity index (χ2v) is 4.47. The molecular formula is C14H22FNO. The lowest BCUT2D eigenvalue weighted by Crippen LogP contribution is -2.43. The van der Waals surface area contributed by atoms with Gasteiger partial charge < -0.3 is 10.4 Å². The van der Waals surface area contributed by atoms with Crippen molar-refractivity contribution in [2.75, 3.05) is 0 Å². The first-order valence-electron chi connectivity index (χ1n) is 6.29. The monoisotopic (exact) mass is 239 g/mol. The number of halogens is 1. The van der Waals surface area contributed by atoms with Crippen LogP contribution in [0.2, 0.25) is 0 Å². The first-order valence-corrected chi connectivity index (χ1v) is 6.29. The van der Waals surface area contributed by atoms with E-state index in [-0.39, 0.29) is 17.1 Å². The van der Waals surface area contributed by atoms with E-state index < -0.39 is 0 Å². The van der Waals surface area contributed by atoms with Gasteiger partial charge in [-0.3, -0.25) is 0 Å². The van der Waals surface area contributed by atoms with Crippen LogP contribution in [0.1, 0.15) is 45.6 Å². The molecule has 0 spiro atoms. The zero-order chi connectivity index (χ0) is 12.9. The van der Waals surface area contributed by atoms with Crippen molar-refractivity contribution >= 4 is 0 Å². The third-order valence-electron chi connectivity index (χ3n) is 3.73. The van der Waals surface area contributed by atoms with Gasteiger partial charge in [-0.05, 0) is 37.5 Å². The Kier molecular flexibility index (Phi) is 4.94. The molecule has 2 N–H and O–H groups in total. The molecule has 1 aromatic rings. The molecule has 0 bridgehead atoms. The minimum atomic E-state index is -0.310. The van der Waals surface area contributed by atoms with Gasteiger partial charge in [-0.1, -0.05) is 20.8 Å². The second-order valence-electron chi connectivity index (χ2n) is 4.47. The van der Waals surface area contributed by atoms with E-state index in [2.05, 4.69) is 26.1 Å². The normalized spacial score (nSPS) is 11.8. The van der Waals surface area contributed by atoms with Gasteiger partial charge in [0, 0.05) is 17.6 Å². The van der Waals surface area contributed by atoms with Gasteiger partial charge in [0.1, 0.15) is 11.6 Å². The first kappa shape index (κ1) is 14.0. The SMILES string of the molecule is CCC(CC)(CC)NCc1cc(F)ccc1O. The van der Waals surface area contributed by atoms with Crippen molar-refractivity contribution in [2.45, 2.75) is 52.1 Å². The molecule has 0 amide bonds. The van der Waals surface area contributed by atoms with Crippen LogP contribution in [0, 0.1) is 5.82 Å². The quantitative estimate of drug-likeness (QED) is 0.795. The summed E-state index contributed by atoms with van der Waals surface area (Å²) in [4.78, 5) is 0. The van der Waals surface area contributed by atoms with Crippen LogP contribution >= 0.6 is 0 Å². The van der Waals surface area contributed by atoms with Crippen LogP contribution in [-0.2, 0) is 6.54 Å². The van der Waals surface area contributed by atoms with Gasteiger partial charge in [0.25, 0.3) is 0 Å². The molecule has 1 aromatic carbocycles. The molecule has 0 aliphatic rings. The van der Waals surface area contributed by atoms with Gasteiger partial charge in [-0.25, -0.2) is 4.39 Å². The lowest BCUT2D eigenvalue weighted by molar-refractivity contribution is 0.286. The van der Waals surface area contributed by atoms with Gasteiger partial charge in [0.05, 0.1) is 0 Å². The summed E-state index contributed by atoms with van der Waals surface area (Å²) in [5.41, 5.74) is 0.698. The molecule has 2 nitrogen and oxygen atoms in total. The van der Waals surface area contributed by atoms with Gasteiger partial charge in [0.15, 0.2) is 0 Å². The van der Waals surface area contributed by atoms with Crippen LogP contribution in [0.15, 0.2) is 18.2 Å². The van der Waals surface area contributed by atoms with Crippen molar-refractivity contribution in [1.82, 2.24) is 5.32 Å². The molecule has 96 valence electrons. The fourth-order valence-corrected chi connectivity index (χ4v) is 2.10. The summed E-state index contributed by atoms with van der Waals surface area (Å²) in [5.74, 6) is -0.161. The summed E-state index contributed by atoms with van der Waals surface area (Å²) < 4.78 is 13.1. The summed E-state index contributed by atoms with van der Waals surface area (Å²) in [5, 5.41) is 13.1. The topological polar surface area (TPSA) is 32.3 Å². The third kappa shape index (κ3) is 3.43. The lowest BCUT2D eigenvalue weighted by atomic mass is 9.89. The molecule has 0 aliphatic carbocycles. The highest BCUT2D eigenvalue weighted by molar-refractivity contribution is 5.32. The van der Waals surface area contributed by atoms with Crippen molar-refractivity contribution in [3.8, 4) is 5.75 Å². The number of nitrogens with one attached hydrogen (secondary N) is 1. The average molecular weight is 239 g/mol. The Morgan fingerprint density at radius 2 is 1.76 bits per heavy atom. The molecule has 3 heteroatoms. The van der Waals surface area contributed by atoms with E-state index in [9.17, 15) is 9.50 Å². The van der Waals surface area contributed by atoms with Crippen molar-refractivity contribution in [3.05, 3.63) is 29.6 Å². The first-order chi connectivity index (χ1) is 8.06. The van der Waals surface area contributed by atoms with E-state index in [4.69, 9.17) is 0 Å². The lowest BCUT2D eigenvalue weighted by Gasteiger charge is -2.32. The molecule has 0 fully saturated rings. The van der Waals surface area contributed by atoms with Crippen LogP contribution < -0.4 is 5.32 Å². The maximum atomic E-state index is 13.1. The highest BCUT2D eigenvalue weighted by Gasteiger charge is 2.23. The van der Waals surface area contributed by atoms with E-state index in [0.717, 1.165) is 19.3 Å². The Balaban J connectivity index is 2.75. The molecule has 0 saturated carbocycles. The number of phenolic OH excluding ortho intramolecular Hbond substituents is 1. The van der Waals surface area contributed by atoms with Gasteiger partial charge >= 0.3 is 0 Å². The highest BCUT2D eigenvalue weighted by Crippen LogP contribution is 2.23.